The molecule has 0 saturated heterocycles. The van der Waals surface area contributed by atoms with Crippen molar-refractivity contribution in [1.29, 1.82) is 0 Å². The van der Waals surface area contributed by atoms with Gasteiger partial charge in [0.25, 0.3) is 0 Å². The summed E-state index contributed by atoms with van der Waals surface area (Å²) < 4.78 is 6.37. The Kier molecular flexibility index (Phi) is 9.27. The van der Waals surface area contributed by atoms with Gasteiger partial charge >= 0.3 is 5.97 Å². The first-order chi connectivity index (χ1) is 19.1. The molecule has 208 valence electrons. The summed E-state index contributed by atoms with van der Waals surface area (Å²) >= 11 is 0. The standard InChI is InChI=1S/C37H42O3/c1-23(2)29-17-11-13-19-31(29)35-25(5)21-26(6)36(32-20-14-12-18-30(32)24(3)4)37(35)40-34(39)22-33(38)27(7)28-15-9-8-10-16-28/h8-21,23-24,27,33,38H,22H2,1-7H3/t27-,33-/m1/s1. The van der Waals surface area contributed by atoms with Crippen molar-refractivity contribution in [1.82, 2.24) is 0 Å². The molecule has 3 nitrogen and oxygen atoms in total. The van der Waals surface area contributed by atoms with Gasteiger partial charge in [-0.05, 0) is 64.6 Å². The van der Waals surface area contributed by atoms with Crippen LogP contribution in [0.1, 0.15) is 86.6 Å². The molecule has 0 radical (unpaired) electrons. The Balaban J connectivity index is 1.87. The smallest absolute Gasteiger partial charge is 0.313 e. The van der Waals surface area contributed by atoms with Crippen LogP contribution in [0, 0.1) is 13.8 Å². The summed E-state index contributed by atoms with van der Waals surface area (Å²) in [5, 5.41) is 11.0. The molecule has 0 aliphatic carbocycles. The molecule has 0 unspecified atom stereocenters. The summed E-state index contributed by atoms with van der Waals surface area (Å²) in [4.78, 5) is 13.6. The van der Waals surface area contributed by atoms with Gasteiger partial charge in [0.2, 0.25) is 0 Å². The van der Waals surface area contributed by atoms with E-state index < -0.39 is 12.1 Å². The number of ether oxygens (including phenoxy) is 1. The molecule has 0 fully saturated rings. The molecule has 0 aromatic heterocycles. The topological polar surface area (TPSA) is 46.5 Å². The minimum atomic E-state index is -0.862. The van der Waals surface area contributed by atoms with Crippen LogP contribution >= 0.6 is 0 Å². The number of hydrogen-bond acceptors (Lipinski definition) is 3. The van der Waals surface area contributed by atoms with Gasteiger partial charge in [-0.2, -0.15) is 0 Å². The first-order valence-electron chi connectivity index (χ1n) is 14.4. The summed E-state index contributed by atoms with van der Waals surface area (Å²) in [5.74, 6) is 0.520. The Hall–Kier alpha value is -3.69. The third-order valence-electron chi connectivity index (χ3n) is 7.87. The number of rotatable bonds is 9. The SMILES string of the molecule is Cc1cc(C)c(-c2ccccc2C(C)C)c(OC(=O)C[C@@H](O)[C@H](C)c2ccccc2)c1-c1ccccc1C(C)C. The highest BCUT2D eigenvalue weighted by Gasteiger charge is 2.27. The van der Waals surface area contributed by atoms with E-state index in [2.05, 4.69) is 84.0 Å². The average Bonchev–Trinajstić information content (AvgIpc) is 2.93. The lowest BCUT2D eigenvalue weighted by Gasteiger charge is -2.25. The predicted octanol–water partition coefficient (Wildman–Crippen LogP) is 9.34. The van der Waals surface area contributed by atoms with E-state index in [0.29, 0.717) is 17.6 Å². The van der Waals surface area contributed by atoms with Crippen LogP contribution in [-0.2, 0) is 4.79 Å². The highest BCUT2D eigenvalue weighted by molar-refractivity contribution is 5.91. The van der Waals surface area contributed by atoms with E-state index in [1.165, 1.54) is 11.1 Å². The summed E-state index contributed by atoms with van der Waals surface area (Å²) in [6, 6.07) is 28.7. The summed E-state index contributed by atoms with van der Waals surface area (Å²) in [7, 11) is 0. The summed E-state index contributed by atoms with van der Waals surface area (Å²) in [6.45, 7) is 14.9. The van der Waals surface area contributed by atoms with Gasteiger partial charge in [0.05, 0.1) is 12.5 Å². The van der Waals surface area contributed by atoms with Gasteiger partial charge in [-0.25, -0.2) is 0 Å². The monoisotopic (exact) mass is 534 g/mol. The Morgan fingerprint density at radius 2 is 1.15 bits per heavy atom. The van der Waals surface area contributed by atoms with Crippen LogP contribution in [0.4, 0.5) is 0 Å². The molecule has 2 atom stereocenters. The molecule has 3 heteroatoms. The third-order valence-corrected chi connectivity index (χ3v) is 7.87. The molecule has 0 heterocycles. The lowest BCUT2D eigenvalue weighted by molar-refractivity contribution is -0.136. The largest absolute Gasteiger partial charge is 0.425 e. The molecule has 4 aromatic rings. The van der Waals surface area contributed by atoms with Crippen molar-refractivity contribution in [3.63, 3.8) is 0 Å². The number of aliphatic hydroxyl groups excluding tert-OH is 1. The molecule has 1 N–H and O–H groups in total. The Bertz CT molecular complexity index is 1390. The molecule has 4 rings (SSSR count). The lowest BCUT2D eigenvalue weighted by Crippen LogP contribution is -2.23. The number of hydrogen-bond donors (Lipinski definition) is 1. The first kappa shape index (κ1) is 29.3. The van der Waals surface area contributed by atoms with Gasteiger partial charge in [-0.1, -0.05) is 120 Å². The van der Waals surface area contributed by atoms with Crippen molar-refractivity contribution in [3.05, 3.63) is 113 Å². The number of carbonyl (C=O) groups excluding carboxylic acids is 1. The second-order valence-electron chi connectivity index (χ2n) is 11.5. The zero-order chi connectivity index (χ0) is 29.0. The molecule has 0 spiro atoms. The maximum absolute atomic E-state index is 13.6. The van der Waals surface area contributed by atoms with Crippen molar-refractivity contribution in [2.45, 2.75) is 78.7 Å². The summed E-state index contributed by atoms with van der Waals surface area (Å²) in [5.41, 5.74) is 9.51. The fraction of sp³-hybridized carbons (Fsp3) is 0.324. The van der Waals surface area contributed by atoms with E-state index in [0.717, 1.165) is 38.9 Å². The molecule has 40 heavy (non-hydrogen) atoms. The van der Waals surface area contributed by atoms with Crippen molar-refractivity contribution in [2.24, 2.45) is 0 Å². The van der Waals surface area contributed by atoms with Gasteiger partial charge in [-0.15, -0.1) is 0 Å². The number of carbonyl (C=O) groups is 1. The van der Waals surface area contributed by atoms with Gasteiger partial charge in [0.15, 0.2) is 0 Å². The van der Waals surface area contributed by atoms with Gasteiger partial charge < -0.3 is 9.84 Å². The van der Waals surface area contributed by atoms with Crippen molar-refractivity contribution < 1.29 is 14.6 Å². The molecule has 0 amide bonds. The van der Waals surface area contributed by atoms with Crippen LogP contribution in [0.2, 0.25) is 0 Å². The van der Waals surface area contributed by atoms with E-state index in [4.69, 9.17) is 4.74 Å². The molecule has 0 aliphatic rings. The predicted molar refractivity (Wildman–Crippen MR) is 166 cm³/mol. The number of aryl methyl sites for hydroxylation is 2. The minimum absolute atomic E-state index is 0.0976. The van der Waals surface area contributed by atoms with Crippen LogP contribution < -0.4 is 4.74 Å². The quantitative estimate of drug-likeness (QED) is 0.172. The van der Waals surface area contributed by atoms with Crippen LogP contribution in [-0.4, -0.2) is 17.2 Å². The Morgan fingerprint density at radius 3 is 1.62 bits per heavy atom. The van der Waals surface area contributed by atoms with E-state index in [-0.39, 0.29) is 12.3 Å². The number of aliphatic hydroxyl groups is 1. The normalized spacial score (nSPS) is 12.9. The van der Waals surface area contributed by atoms with Crippen molar-refractivity contribution >= 4 is 5.97 Å². The average molecular weight is 535 g/mol. The fourth-order valence-corrected chi connectivity index (χ4v) is 5.66. The first-order valence-corrected chi connectivity index (χ1v) is 14.4. The zero-order valence-electron chi connectivity index (χ0n) is 24.9. The highest BCUT2D eigenvalue weighted by Crippen LogP contribution is 2.47. The zero-order valence-corrected chi connectivity index (χ0v) is 24.9. The molecule has 4 aromatic carbocycles. The van der Waals surface area contributed by atoms with Crippen LogP contribution in [0.3, 0.4) is 0 Å². The van der Waals surface area contributed by atoms with Gasteiger partial charge in [0.1, 0.15) is 5.75 Å². The molecule has 0 bridgehead atoms. The van der Waals surface area contributed by atoms with Crippen molar-refractivity contribution in [3.8, 4) is 28.0 Å². The molecular weight excluding hydrogens is 492 g/mol. The summed E-state index contributed by atoms with van der Waals surface area (Å²) in [6.07, 6.45) is -0.960. The second kappa shape index (κ2) is 12.7. The lowest BCUT2D eigenvalue weighted by atomic mass is 9.84. The molecular formula is C37H42O3. The second-order valence-corrected chi connectivity index (χ2v) is 11.5. The van der Waals surface area contributed by atoms with Crippen LogP contribution in [0.5, 0.6) is 5.75 Å². The van der Waals surface area contributed by atoms with Gasteiger partial charge in [-0.3, -0.25) is 4.79 Å². The minimum Gasteiger partial charge on any atom is -0.425 e. The van der Waals surface area contributed by atoms with Crippen LogP contribution in [0.15, 0.2) is 84.9 Å². The maximum Gasteiger partial charge on any atom is 0.313 e. The number of benzene rings is 4. The van der Waals surface area contributed by atoms with E-state index in [1.54, 1.807) is 0 Å². The highest BCUT2D eigenvalue weighted by atomic mass is 16.5. The fourth-order valence-electron chi connectivity index (χ4n) is 5.66. The molecule has 0 saturated carbocycles. The Labute approximate surface area is 239 Å². The number of esters is 1. The van der Waals surface area contributed by atoms with E-state index in [9.17, 15) is 9.90 Å². The van der Waals surface area contributed by atoms with E-state index in [1.807, 2.05) is 49.4 Å². The van der Waals surface area contributed by atoms with Crippen LogP contribution in [0.25, 0.3) is 22.3 Å². The van der Waals surface area contributed by atoms with E-state index >= 15 is 0 Å². The molecule has 0 aliphatic heterocycles. The maximum atomic E-state index is 13.6. The van der Waals surface area contributed by atoms with Gasteiger partial charge in [0, 0.05) is 17.0 Å². The Morgan fingerprint density at radius 1 is 0.700 bits per heavy atom. The third kappa shape index (κ3) is 6.21. The van der Waals surface area contributed by atoms with Crippen molar-refractivity contribution in [2.75, 3.05) is 0 Å².